The number of para-hydroxylation sites is 1. The molecule has 2 aromatic carbocycles. The van der Waals surface area contributed by atoms with Crippen molar-refractivity contribution in [1.82, 2.24) is 4.90 Å². The van der Waals surface area contributed by atoms with Crippen LogP contribution in [0, 0.1) is 4.91 Å². The summed E-state index contributed by atoms with van der Waals surface area (Å²) in [5.74, 6) is -1.06. The highest BCUT2D eigenvalue weighted by Gasteiger charge is 2.21. The van der Waals surface area contributed by atoms with Crippen LogP contribution in [0.3, 0.4) is 0 Å². The average molecular weight is 341 g/mol. The maximum Gasteiger partial charge on any atom is 0.337 e. The van der Waals surface area contributed by atoms with E-state index in [4.69, 9.17) is 0 Å². The molecule has 0 aliphatic rings. The number of carboxylic acids is 1. The first-order valence-electron chi connectivity index (χ1n) is 8.17. The summed E-state index contributed by atoms with van der Waals surface area (Å²) in [5, 5.41) is 13.9. The van der Waals surface area contributed by atoms with E-state index >= 15 is 0 Å². The molecule has 2 aromatic rings. The van der Waals surface area contributed by atoms with Crippen molar-refractivity contribution in [2.45, 2.75) is 19.4 Å². The van der Waals surface area contributed by atoms with E-state index in [1.165, 1.54) is 11.1 Å². The number of carboxylic acid groups (broad SMARTS) is 1. The van der Waals surface area contributed by atoms with Crippen LogP contribution in [0.1, 0.15) is 27.9 Å². The Morgan fingerprint density at radius 3 is 2.40 bits per heavy atom. The highest BCUT2D eigenvalue weighted by atomic mass is 16.4. The molecule has 0 heterocycles. The number of nitroso groups, excluding NO2 is 1. The van der Waals surface area contributed by atoms with Crippen LogP contribution in [-0.4, -0.2) is 36.6 Å². The van der Waals surface area contributed by atoms with Crippen molar-refractivity contribution in [2.75, 3.05) is 25.6 Å². The first kappa shape index (κ1) is 18.6. The molecule has 0 aliphatic heterocycles. The fourth-order valence-corrected chi connectivity index (χ4v) is 2.76. The lowest BCUT2D eigenvalue weighted by molar-refractivity contribution is 0.0697. The molecule has 0 unspecified atom stereocenters. The number of carbonyl (C=O) groups is 1. The Bertz CT molecular complexity index is 717. The standard InChI is InChI=1S/C19H23N3O3/c1-21(2)13-7-11-16-10-6-12-17(19(23)24)18(16)22(20-25)14-15-8-4-3-5-9-15/h3-6,8-10,12H,7,11,13-14H2,1-2H3,(H,23,24). The van der Waals surface area contributed by atoms with Crippen LogP contribution < -0.4 is 5.01 Å². The number of hydrogen-bond acceptors (Lipinski definition) is 4. The number of hydrogen-bond donors (Lipinski definition) is 1. The van der Waals surface area contributed by atoms with Crippen LogP contribution in [0.25, 0.3) is 0 Å². The van der Waals surface area contributed by atoms with Crippen LogP contribution in [0.15, 0.2) is 53.8 Å². The fourth-order valence-electron chi connectivity index (χ4n) is 2.76. The van der Waals surface area contributed by atoms with Gasteiger partial charge in [-0.1, -0.05) is 42.5 Å². The minimum absolute atomic E-state index is 0.0953. The second-order valence-corrected chi connectivity index (χ2v) is 6.15. The van der Waals surface area contributed by atoms with E-state index in [1.807, 2.05) is 50.5 Å². The Morgan fingerprint density at radius 2 is 1.80 bits per heavy atom. The van der Waals surface area contributed by atoms with E-state index in [1.54, 1.807) is 6.07 Å². The molecule has 0 fully saturated rings. The molecule has 0 radical (unpaired) electrons. The lowest BCUT2D eigenvalue weighted by atomic mass is 10.0. The zero-order valence-electron chi connectivity index (χ0n) is 14.6. The molecule has 0 saturated heterocycles. The number of nitrogens with zero attached hydrogens (tertiary/aromatic N) is 3. The zero-order chi connectivity index (χ0) is 18.2. The van der Waals surface area contributed by atoms with Crippen molar-refractivity contribution >= 4 is 11.7 Å². The summed E-state index contributed by atoms with van der Waals surface area (Å²) in [6.07, 6.45) is 1.54. The van der Waals surface area contributed by atoms with Gasteiger partial charge in [-0.05, 0) is 50.7 Å². The Hall–Kier alpha value is -2.73. The molecule has 0 saturated carbocycles. The number of anilines is 1. The molecule has 25 heavy (non-hydrogen) atoms. The molecule has 0 aliphatic carbocycles. The lowest BCUT2D eigenvalue weighted by Crippen LogP contribution is -2.20. The smallest absolute Gasteiger partial charge is 0.337 e. The molecule has 6 heteroatoms. The summed E-state index contributed by atoms with van der Waals surface area (Å²) in [6.45, 7) is 1.11. The molecule has 0 bridgehead atoms. The minimum atomic E-state index is -1.06. The van der Waals surface area contributed by atoms with Gasteiger partial charge in [0.1, 0.15) is 0 Å². The van der Waals surface area contributed by atoms with E-state index in [-0.39, 0.29) is 12.1 Å². The van der Waals surface area contributed by atoms with Crippen molar-refractivity contribution in [3.63, 3.8) is 0 Å². The van der Waals surface area contributed by atoms with Gasteiger partial charge in [0, 0.05) is 0 Å². The topological polar surface area (TPSA) is 73.2 Å². The van der Waals surface area contributed by atoms with Crippen LogP contribution >= 0.6 is 0 Å². The largest absolute Gasteiger partial charge is 0.478 e. The molecule has 0 atom stereocenters. The predicted octanol–water partition coefficient (Wildman–Crippen LogP) is 3.57. The summed E-state index contributed by atoms with van der Waals surface area (Å²) < 4.78 is 0. The highest BCUT2D eigenvalue weighted by Crippen LogP contribution is 2.29. The van der Waals surface area contributed by atoms with Gasteiger partial charge in [0.2, 0.25) is 0 Å². The zero-order valence-corrected chi connectivity index (χ0v) is 14.6. The van der Waals surface area contributed by atoms with Gasteiger partial charge in [0.25, 0.3) is 0 Å². The number of aromatic carboxylic acids is 1. The molecule has 0 aromatic heterocycles. The molecule has 6 nitrogen and oxygen atoms in total. The van der Waals surface area contributed by atoms with E-state index in [2.05, 4.69) is 10.2 Å². The molecule has 0 spiro atoms. The third-order valence-electron chi connectivity index (χ3n) is 3.93. The van der Waals surface area contributed by atoms with Gasteiger partial charge < -0.3 is 10.0 Å². The first-order valence-corrected chi connectivity index (χ1v) is 8.17. The van der Waals surface area contributed by atoms with Gasteiger partial charge in [-0.3, -0.25) is 0 Å². The Morgan fingerprint density at radius 1 is 1.08 bits per heavy atom. The van der Waals surface area contributed by atoms with Crippen molar-refractivity contribution in [3.05, 3.63) is 70.1 Å². The van der Waals surface area contributed by atoms with Gasteiger partial charge in [-0.15, -0.1) is 4.91 Å². The van der Waals surface area contributed by atoms with Crippen molar-refractivity contribution < 1.29 is 9.90 Å². The molecule has 132 valence electrons. The summed E-state index contributed by atoms with van der Waals surface area (Å²) in [4.78, 5) is 25.2. The molecular weight excluding hydrogens is 318 g/mol. The number of rotatable bonds is 9. The van der Waals surface area contributed by atoms with Gasteiger partial charge >= 0.3 is 5.97 Å². The fraction of sp³-hybridized carbons (Fsp3) is 0.316. The monoisotopic (exact) mass is 341 g/mol. The van der Waals surface area contributed by atoms with Crippen molar-refractivity contribution in [3.8, 4) is 0 Å². The Labute approximate surface area is 147 Å². The van der Waals surface area contributed by atoms with Gasteiger partial charge in [-0.25, -0.2) is 9.80 Å². The average Bonchev–Trinajstić information content (AvgIpc) is 2.60. The number of aryl methyl sites for hydroxylation is 1. The second-order valence-electron chi connectivity index (χ2n) is 6.15. The number of benzene rings is 2. The molecular formula is C19H23N3O3. The van der Waals surface area contributed by atoms with Crippen LogP contribution in [0.2, 0.25) is 0 Å². The maximum atomic E-state index is 11.7. The van der Waals surface area contributed by atoms with Gasteiger partial charge in [0.05, 0.1) is 23.1 Å². The minimum Gasteiger partial charge on any atom is -0.478 e. The quantitative estimate of drug-likeness (QED) is 0.557. The van der Waals surface area contributed by atoms with E-state index in [0.717, 1.165) is 24.1 Å². The predicted molar refractivity (Wildman–Crippen MR) is 98.7 cm³/mol. The molecule has 1 N–H and O–H groups in total. The first-order chi connectivity index (χ1) is 12.0. The molecule has 0 amide bonds. The Balaban J connectivity index is 2.36. The van der Waals surface area contributed by atoms with Crippen molar-refractivity contribution in [2.24, 2.45) is 5.29 Å². The third-order valence-corrected chi connectivity index (χ3v) is 3.93. The van der Waals surface area contributed by atoms with Gasteiger partial charge in [-0.2, -0.15) is 0 Å². The normalized spacial score (nSPS) is 10.7. The summed E-state index contributed by atoms with van der Waals surface area (Å²) >= 11 is 0. The van der Waals surface area contributed by atoms with Gasteiger partial charge in [0.15, 0.2) is 0 Å². The summed E-state index contributed by atoms with van der Waals surface area (Å²) in [6, 6.07) is 14.5. The SMILES string of the molecule is CN(C)CCCc1cccc(C(=O)O)c1N(Cc1ccccc1)N=O. The lowest BCUT2D eigenvalue weighted by Gasteiger charge is -2.21. The van der Waals surface area contributed by atoms with E-state index < -0.39 is 5.97 Å². The summed E-state index contributed by atoms with van der Waals surface area (Å²) in [7, 11) is 3.98. The van der Waals surface area contributed by atoms with Crippen LogP contribution in [-0.2, 0) is 13.0 Å². The van der Waals surface area contributed by atoms with Crippen molar-refractivity contribution in [1.29, 1.82) is 0 Å². The summed E-state index contributed by atoms with van der Waals surface area (Å²) in [5.41, 5.74) is 2.18. The van der Waals surface area contributed by atoms with Crippen LogP contribution in [0.5, 0.6) is 0 Å². The van der Waals surface area contributed by atoms with E-state index in [0.29, 0.717) is 12.1 Å². The Kier molecular flexibility index (Phi) is 6.65. The molecule has 2 rings (SSSR count). The highest BCUT2D eigenvalue weighted by molar-refractivity contribution is 5.95. The second kappa shape index (κ2) is 8.94. The maximum absolute atomic E-state index is 11.7. The van der Waals surface area contributed by atoms with E-state index in [9.17, 15) is 14.8 Å². The third kappa shape index (κ3) is 5.12. The van der Waals surface area contributed by atoms with Crippen LogP contribution in [0.4, 0.5) is 5.69 Å².